The molecule has 0 atom stereocenters. The summed E-state index contributed by atoms with van der Waals surface area (Å²) in [6.45, 7) is 1.94. The molecule has 0 N–H and O–H groups in total. The Morgan fingerprint density at radius 1 is 1.30 bits per heavy atom. The summed E-state index contributed by atoms with van der Waals surface area (Å²) >= 11 is 15.6. The standard InChI is InChI=1S/C7H6Cl2S/c1-4-2-3-5(8)6(9)7(4)10/h2-3,10H,1H3. The Labute approximate surface area is 75.6 Å². The fraction of sp³-hybridized carbons (Fsp3) is 0.143. The lowest BCUT2D eigenvalue weighted by Gasteiger charge is -2.01. The number of hydrogen-bond donors (Lipinski definition) is 1. The van der Waals surface area contributed by atoms with Crippen molar-refractivity contribution in [3.05, 3.63) is 27.7 Å². The molecule has 1 aromatic rings. The van der Waals surface area contributed by atoms with E-state index in [0.29, 0.717) is 10.0 Å². The molecule has 0 saturated heterocycles. The van der Waals surface area contributed by atoms with Crippen LogP contribution < -0.4 is 0 Å². The molecule has 0 radical (unpaired) electrons. The van der Waals surface area contributed by atoms with Crippen LogP contribution >= 0.6 is 35.8 Å². The van der Waals surface area contributed by atoms with E-state index in [-0.39, 0.29) is 0 Å². The van der Waals surface area contributed by atoms with Crippen LogP contribution in [0.4, 0.5) is 0 Å². The smallest absolute Gasteiger partial charge is 0.0728 e. The van der Waals surface area contributed by atoms with Crippen LogP contribution in [0.5, 0.6) is 0 Å². The molecule has 0 fully saturated rings. The summed E-state index contributed by atoms with van der Waals surface area (Å²) in [5.74, 6) is 0. The summed E-state index contributed by atoms with van der Waals surface area (Å²) in [5, 5.41) is 1.09. The molecule has 0 saturated carbocycles. The maximum absolute atomic E-state index is 5.77. The molecular weight excluding hydrogens is 187 g/mol. The van der Waals surface area contributed by atoms with E-state index in [4.69, 9.17) is 23.2 Å². The van der Waals surface area contributed by atoms with Gasteiger partial charge in [-0.15, -0.1) is 12.6 Å². The zero-order valence-corrected chi connectivity index (χ0v) is 7.76. The minimum atomic E-state index is 0.532. The summed E-state index contributed by atoms with van der Waals surface area (Å²) in [4.78, 5) is 0.758. The number of thiol groups is 1. The van der Waals surface area contributed by atoms with Crippen LogP contribution in [0.1, 0.15) is 5.56 Å². The van der Waals surface area contributed by atoms with Gasteiger partial charge in [-0.2, -0.15) is 0 Å². The zero-order valence-electron chi connectivity index (χ0n) is 5.36. The van der Waals surface area contributed by atoms with Gasteiger partial charge in [0.25, 0.3) is 0 Å². The summed E-state index contributed by atoms with van der Waals surface area (Å²) < 4.78 is 0. The van der Waals surface area contributed by atoms with Crippen molar-refractivity contribution >= 4 is 35.8 Å². The highest BCUT2D eigenvalue weighted by Gasteiger charge is 2.02. The van der Waals surface area contributed by atoms with Gasteiger partial charge in [0, 0.05) is 4.90 Å². The molecular formula is C7H6Cl2S. The average Bonchev–Trinajstić information content (AvgIpc) is 1.93. The molecule has 0 aliphatic heterocycles. The van der Waals surface area contributed by atoms with Gasteiger partial charge in [-0.1, -0.05) is 29.3 Å². The predicted molar refractivity (Wildman–Crippen MR) is 48.5 cm³/mol. The van der Waals surface area contributed by atoms with Gasteiger partial charge in [-0.05, 0) is 18.6 Å². The first-order valence-electron chi connectivity index (χ1n) is 2.76. The molecule has 54 valence electrons. The van der Waals surface area contributed by atoms with E-state index in [1.165, 1.54) is 0 Å². The SMILES string of the molecule is Cc1ccc(Cl)c(Cl)c1S. The molecule has 0 aliphatic rings. The molecule has 0 spiro atoms. The first kappa shape index (κ1) is 8.25. The lowest BCUT2D eigenvalue weighted by molar-refractivity contribution is 1.31. The third-order valence-electron chi connectivity index (χ3n) is 1.27. The number of aryl methyl sites for hydroxylation is 1. The topological polar surface area (TPSA) is 0 Å². The van der Waals surface area contributed by atoms with Gasteiger partial charge in [-0.25, -0.2) is 0 Å². The van der Waals surface area contributed by atoms with Gasteiger partial charge in [0.15, 0.2) is 0 Å². The molecule has 0 amide bonds. The Bertz CT molecular complexity index is 231. The van der Waals surface area contributed by atoms with Crippen LogP contribution in [0.25, 0.3) is 0 Å². The molecule has 10 heavy (non-hydrogen) atoms. The van der Waals surface area contributed by atoms with Crippen LogP contribution in [0.2, 0.25) is 10.0 Å². The third kappa shape index (κ3) is 1.42. The Hall–Kier alpha value is 0.150. The van der Waals surface area contributed by atoms with Crippen molar-refractivity contribution in [2.45, 2.75) is 11.8 Å². The van der Waals surface area contributed by atoms with E-state index in [9.17, 15) is 0 Å². The molecule has 0 nitrogen and oxygen atoms in total. The lowest BCUT2D eigenvalue weighted by Crippen LogP contribution is -1.77. The van der Waals surface area contributed by atoms with E-state index in [1.807, 2.05) is 13.0 Å². The second kappa shape index (κ2) is 3.04. The molecule has 0 aliphatic carbocycles. The van der Waals surface area contributed by atoms with Crippen LogP contribution in [0.3, 0.4) is 0 Å². The molecule has 0 aromatic heterocycles. The second-order valence-electron chi connectivity index (χ2n) is 2.03. The normalized spacial score (nSPS) is 10.0. The Balaban J connectivity index is 3.34. The van der Waals surface area contributed by atoms with Crippen LogP contribution in [0.15, 0.2) is 17.0 Å². The summed E-state index contributed by atoms with van der Waals surface area (Å²) in [6.07, 6.45) is 0. The average molecular weight is 193 g/mol. The van der Waals surface area contributed by atoms with Crippen molar-refractivity contribution in [2.75, 3.05) is 0 Å². The Morgan fingerprint density at radius 2 is 1.90 bits per heavy atom. The van der Waals surface area contributed by atoms with Crippen molar-refractivity contribution in [1.29, 1.82) is 0 Å². The van der Waals surface area contributed by atoms with E-state index >= 15 is 0 Å². The van der Waals surface area contributed by atoms with Crippen molar-refractivity contribution in [2.24, 2.45) is 0 Å². The summed E-state index contributed by atoms with van der Waals surface area (Å²) in [7, 11) is 0. The van der Waals surface area contributed by atoms with Gasteiger partial charge in [0.2, 0.25) is 0 Å². The van der Waals surface area contributed by atoms with Gasteiger partial charge >= 0.3 is 0 Å². The number of hydrogen-bond acceptors (Lipinski definition) is 1. The Morgan fingerprint density at radius 3 is 2.40 bits per heavy atom. The summed E-state index contributed by atoms with van der Waals surface area (Å²) in [5.41, 5.74) is 1.04. The second-order valence-corrected chi connectivity index (χ2v) is 3.26. The lowest BCUT2D eigenvalue weighted by atomic mass is 10.2. The van der Waals surface area contributed by atoms with E-state index < -0.39 is 0 Å². The first-order valence-corrected chi connectivity index (χ1v) is 3.97. The van der Waals surface area contributed by atoms with E-state index in [0.717, 1.165) is 10.5 Å². The third-order valence-corrected chi connectivity index (χ3v) is 2.78. The van der Waals surface area contributed by atoms with Crippen LogP contribution in [-0.4, -0.2) is 0 Å². The highest BCUT2D eigenvalue weighted by Crippen LogP contribution is 2.30. The number of halogens is 2. The van der Waals surface area contributed by atoms with Gasteiger partial charge in [-0.3, -0.25) is 0 Å². The predicted octanol–water partition coefficient (Wildman–Crippen LogP) is 3.59. The molecule has 0 unspecified atom stereocenters. The van der Waals surface area contributed by atoms with Crippen molar-refractivity contribution in [1.82, 2.24) is 0 Å². The van der Waals surface area contributed by atoms with Crippen molar-refractivity contribution < 1.29 is 0 Å². The van der Waals surface area contributed by atoms with Crippen molar-refractivity contribution in [3.63, 3.8) is 0 Å². The molecule has 0 heterocycles. The van der Waals surface area contributed by atoms with E-state index in [2.05, 4.69) is 12.6 Å². The highest BCUT2D eigenvalue weighted by molar-refractivity contribution is 7.80. The maximum atomic E-state index is 5.77. The van der Waals surface area contributed by atoms with E-state index in [1.54, 1.807) is 6.07 Å². The van der Waals surface area contributed by atoms with Gasteiger partial charge in [0.05, 0.1) is 10.0 Å². The molecule has 3 heteroatoms. The van der Waals surface area contributed by atoms with Crippen molar-refractivity contribution in [3.8, 4) is 0 Å². The fourth-order valence-electron chi connectivity index (χ4n) is 0.636. The quantitative estimate of drug-likeness (QED) is 0.598. The highest BCUT2D eigenvalue weighted by atomic mass is 35.5. The summed E-state index contributed by atoms with van der Waals surface area (Å²) in [6, 6.07) is 3.65. The zero-order chi connectivity index (χ0) is 7.72. The van der Waals surface area contributed by atoms with Gasteiger partial charge in [0.1, 0.15) is 0 Å². The number of benzene rings is 1. The minimum Gasteiger partial charge on any atom is -0.142 e. The Kier molecular flexibility index (Phi) is 2.50. The van der Waals surface area contributed by atoms with Crippen LogP contribution in [0, 0.1) is 6.92 Å². The van der Waals surface area contributed by atoms with Gasteiger partial charge < -0.3 is 0 Å². The molecule has 1 rings (SSSR count). The fourth-order valence-corrected chi connectivity index (χ4v) is 1.27. The van der Waals surface area contributed by atoms with Crippen LogP contribution in [-0.2, 0) is 0 Å². The number of rotatable bonds is 0. The maximum Gasteiger partial charge on any atom is 0.0728 e. The molecule has 0 bridgehead atoms. The first-order chi connectivity index (χ1) is 4.63. The molecule has 1 aromatic carbocycles. The minimum absolute atomic E-state index is 0.532. The monoisotopic (exact) mass is 192 g/mol. The largest absolute Gasteiger partial charge is 0.142 e.